The summed E-state index contributed by atoms with van der Waals surface area (Å²) in [6.07, 6.45) is 2.12. The van der Waals surface area contributed by atoms with Crippen LogP contribution in [0.15, 0.2) is 60.9 Å². The van der Waals surface area contributed by atoms with E-state index in [2.05, 4.69) is 20.6 Å². The predicted octanol–water partition coefficient (Wildman–Crippen LogP) is 3.26. The second-order valence-electron chi connectivity index (χ2n) is 5.96. The lowest BCUT2D eigenvalue weighted by Crippen LogP contribution is -2.15. The van der Waals surface area contributed by atoms with Gasteiger partial charge in [-0.15, -0.1) is 0 Å². The van der Waals surface area contributed by atoms with E-state index in [-0.39, 0.29) is 11.6 Å². The van der Waals surface area contributed by atoms with E-state index in [1.807, 2.05) is 30.3 Å². The van der Waals surface area contributed by atoms with Gasteiger partial charge in [0, 0.05) is 18.3 Å². The van der Waals surface area contributed by atoms with Crippen LogP contribution in [0.2, 0.25) is 0 Å². The van der Waals surface area contributed by atoms with Crippen molar-refractivity contribution in [3.8, 4) is 11.8 Å². The van der Waals surface area contributed by atoms with Gasteiger partial charge in [0.25, 0.3) is 5.91 Å². The maximum Gasteiger partial charge on any atom is 0.274 e. The van der Waals surface area contributed by atoms with Crippen molar-refractivity contribution >= 4 is 17.4 Å². The van der Waals surface area contributed by atoms with Crippen LogP contribution in [0.4, 0.5) is 11.5 Å². The molecule has 0 bridgehead atoms. The first-order valence-electron chi connectivity index (χ1n) is 8.68. The minimum absolute atomic E-state index is 0.237. The molecule has 3 aromatic rings. The van der Waals surface area contributed by atoms with E-state index in [0.717, 1.165) is 17.7 Å². The van der Waals surface area contributed by atoms with Gasteiger partial charge in [0.15, 0.2) is 0 Å². The number of benzene rings is 2. The van der Waals surface area contributed by atoms with Crippen molar-refractivity contribution in [1.82, 2.24) is 9.97 Å². The molecule has 0 saturated carbocycles. The van der Waals surface area contributed by atoms with Crippen molar-refractivity contribution in [2.24, 2.45) is 0 Å². The zero-order valence-corrected chi connectivity index (χ0v) is 15.3. The van der Waals surface area contributed by atoms with E-state index < -0.39 is 0 Å². The number of nitrogens with zero attached hydrogens (tertiary/aromatic N) is 3. The molecule has 0 radical (unpaired) electrons. The first-order chi connectivity index (χ1) is 13.7. The number of methoxy groups -OCH3 is 1. The van der Waals surface area contributed by atoms with Gasteiger partial charge < -0.3 is 15.4 Å². The molecule has 3 rings (SSSR count). The lowest BCUT2D eigenvalue weighted by atomic mass is 10.1. The zero-order chi connectivity index (χ0) is 19.8. The molecule has 1 heterocycles. The Kier molecular flexibility index (Phi) is 6.16. The van der Waals surface area contributed by atoms with E-state index >= 15 is 0 Å². The standard InChI is InChI=1S/C21H19N5O2/c1-28-18-7-3-4-15(11-18)8-9-23-20-12-19(24-14-25-20)21(27)26-17-6-2-5-16(10-17)13-22/h2-7,10-12,14H,8-9H2,1H3,(H,26,27)(H,23,24,25). The van der Waals surface area contributed by atoms with Crippen molar-refractivity contribution < 1.29 is 9.53 Å². The fourth-order valence-corrected chi connectivity index (χ4v) is 2.60. The van der Waals surface area contributed by atoms with Gasteiger partial charge in [0.05, 0.1) is 18.7 Å². The van der Waals surface area contributed by atoms with Gasteiger partial charge in [-0.1, -0.05) is 18.2 Å². The third kappa shape index (κ3) is 5.05. The van der Waals surface area contributed by atoms with E-state index in [1.165, 1.54) is 6.33 Å². The molecule has 0 aliphatic rings. The van der Waals surface area contributed by atoms with Crippen LogP contribution < -0.4 is 15.4 Å². The molecule has 1 amide bonds. The van der Waals surface area contributed by atoms with Crippen LogP contribution in [0.5, 0.6) is 5.75 Å². The van der Waals surface area contributed by atoms with Crippen LogP contribution in [-0.4, -0.2) is 29.5 Å². The van der Waals surface area contributed by atoms with E-state index in [1.54, 1.807) is 37.4 Å². The van der Waals surface area contributed by atoms with Gasteiger partial charge >= 0.3 is 0 Å². The average molecular weight is 373 g/mol. The predicted molar refractivity (Wildman–Crippen MR) is 106 cm³/mol. The molecule has 28 heavy (non-hydrogen) atoms. The fraction of sp³-hybridized carbons (Fsp3) is 0.143. The number of amides is 1. The number of aromatic nitrogens is 2. The lowest BCUT2D eigenvalue weighted by Gasteiger charge is -2.08. The van der Waals surface area contributed by atoms with Gasteiger partial charge in [-0.05, 0) is 42.3 Å². The van der Waals surface area contributed by atoms with Crippen LogP contribution in [0.3, 0.4) is 0 Å². The summed E-state index contributed by atoms with van der Waals surface area (Å²) in [5.74, 6) is 1.01. The highest BCUT2D eigenvalue weighted by Crippen LogP contribution is 2.14. The monoisotopic (exact) mass is 373 g/mol. The van der Waals surface area contributed by atoms with Crippen molar-refractivity contribution in [3.63, 3.8) is 0 Å². The highest BCUT2D eigenvalue weighted by Gasteiger charge is 2.09. The number of ether oxygens (including phenoxy) is 1. The van der Waals surface area contributed by atoms with Crippen LogP contribution in [0.25, 0.3) is 0 Å². The van der Waals surface area contributed by atoms with Crippen molar-refractivity contribution in [3.05, 3.63) is 77.7 Å². The highest BCUT2D eigenvalue weighted by molar-refractivity contribution is 6.03. The van der Waals surface area contributed by atoms with Gasteiger partial charge in [0.2, 0.25) is 0 Å². The summed E-state index contributed by atoms with van der Waals surface area (Å²) < 4.78 is 5.22. The Labute approximate surface area is 163 Å². The van der Waals surface area contributed by atoms with Crippen molar-refractivity contribution in [1.29, 1.82) is 5.26 Å². The molecular formula is C21H19N5O2. The molecule has 7 nitrogen and oxygen atoms in total. The quantitative estimate of drug-likeness (QED) is 0.659. The molecule has 0 atom stereocenters. The third-order valence-electron chi connectivity index (χ3n) is 4.00. The molecule has 0 unspecified atom stereocenters. The number of nitrogens with one attached hydrogen (secondary N) is 2. The number of carbonyl (C=O) groups is 1. The Morgan fingerprint density at radius 2 is 2.00 bits per heavy atom. The number of hydrogen-bond donors (Lipinski definition) is 2. The largest absolute Gasteiger partial charge is 0.497 e. The number of nitriles is 1. The molecule has 0 aliphatic heterocycles. The lowest BCUT2D eigenvalue weighted by molar-refractivity contribution is 0.102. The van der Waals surface area contributed by atoms with Crippen LogP contribution in [0, 0.1) is 11.3 Å². The molecule has 7 heteroatoms. The fourth-order valence-electron chi connectivity index (χ4n) is 2.60. The molecule has 0 fully saturated rings. The molecule has 2 aromatic carbocycles. The van der Waals surface area contributed by atoms with E-state index in [0.29, 0.717) is 23.6 Å². The second kappa shape index (κ2) is 9.14. The Hall–Kier alpha value is -3.92. The van der Waals surface area contributed by atoms with Crippen LogP contribution >= 0.6 is 0 Å². The maximum atomic E-state index is 12.4. The summed E-state index contributed by atoms with van der Waals surface area (Å²) in [7, 11) is 1.64. The minimum Gasteiger partial charge on any atom is -0.497 e. The number of carbonyl (C=O) groups excluding carboxylic acids is 1. The first-order valence-corrected chi connectivity index (χ1v) is 8.68. The third-order valence-corrected chi connectivity index (χ3v) is 4.00. The summed E-state index contributed by atoms with van der Waals surface area (Å²) >= 11 is 0. The summed E-state index contributed by atoms with van der Waals surface area (Å²) in [6.45, 7) is 0.648. The summed E-state index contributed by atoms with van der Waals surface area (Å²) in [4.78, 5) is 20.6. The Bertz CT molecular complexity index is 1010. The minimum atomic E-state index is -0.367. The number of rotatable bonds is 7. The molecule has 0 spiro atoms. The molecule has 0 aliphatic carbocycles. The summed E-state index contributed by atoms with van der Waals surface area (Å²) in [6, 6.07) is 18.2. The summed E-state index contributed by atoms with van der Waals surface area (Å²) in [5, 5.41) is 14.9. The van der Waals surface area contributed by atoms with Crippen LogP contribution in [-0.2, 0) is 6.42 Å². The van der Waals surface area contributed by atoms with Crippen molar-refractivity contribution in [2.45, 2.75) is 6.42 Å². The Morgan fingerprint density at radius 3 is 2.82 bits per heavy atom. The van der Waals surface area contributed by atoms with E-state index in [9.17, 15) is 4.79 Å². The van der Waals surface area contributed by atoms with Crippen LogP contribution in [0.1, 0.15) is 21.6 Å². The normalized spacial score (nSPS) is 10.0. The summed E-state index contributed by atoms with van der Waals surface area (Å²) in [5.41, 5.74) is 2.38. The Morgan fingerprint density at radius 1 is 1.14 bits per heavy atom. The van der Waals surface area contributed by atoms with Gasteiger partial charge in [-0.25, -0.2) is 9.97 Å². The molecular weight excluding hydrogens is 354 g/mol. The van der Waals surface area contributed by atoms with Gasteiger partial charge in [-0.2, -0.15) is 5.26 Å². The van der Waals surface area contributed by atoms with Gasteiger partial charge in [0.1, 0.15) is 23.6 Å². The SMILES string of the molecule is COc1cccc(CCNc2cc(C(=O)Nc3cccc(C#N)c3)ncn2)c1. The topological polar surface area (TPSA) is 99.9 Å². The first kappa shape index (κ1) is 18.9. The van der Waals surface area contributed by atoms with Crippen molar-refractivity contribution in [2.75, 3.05) is 24.3 Å². The second-order valence-corrected chi connectivity index (χ2v) is 5.96. The molecule has 2 N–H and O–H groups in total. The van der Waals surface area contributed by atoms with Gasteiger partial charge in [-0.3, -0.25) is 4.79 Å². The molecule has 0 saturated heterocycles. The number of hydrogen-bond acceptors (Lipinski definition) is 6. The average Bonchev–Trinajstić information content (AvgIpc) is 2.74. The highest BCUT2D eigenvalue weighted by atomic mass is 16.5. The number of anilines is 2. The zero-order valence-electron chi connectivity index (χ0n) is 15.3. The molecule has 1 aromatic heterocycles. The smallest absolute Gasteiger partial charge is 0.274 e. The maximum absolute atomic E-state index is 12.4. The Balaban J connectivity index is 1.60. The molecule has 140 valence electrons. The van der Waals surface area contributed by atoms with E-state index in [4.69, 9.17) is 10.00 Å².